The van der Waals surface area contributed by atoms with Crippen molar-refractivity contribution in [3.63, 3.8) is 0 Å². The van der Waals surface area contributed by atoms with Crippen LogP contribution in [0.4, 0.5) is 0 Å². The Morgan fingerprint density at radius 2 is 1.84 bits per heavy atom. The molecule has 3 heteroatoms. The van der Waals surface area contributed by atoms with E-state index in [-0.39, 0.29) is 0 Å². The van der Waals surface area contributed by atoms with Crippen LogP contribution in [0.2, 0.25) is 0 Å². The molecule has 25 heavy (non-hydrogen) atoms. The van der Waals surface area contributed by atoms with Crippen molar-refractivity contribution >= 4 is 11.6 Å². The summed E-state index contributed by atoms with van der Waals surface area (Å²) >= 11 is 5.84. The normalized spacial score (nSPS) is 15.0. The van der Waals surface area contributed by atoms with Gasteiger partial charge in [0, 0.05) is 5.88 Å². The maximum absolute atomic E-state index is 5.98. The number of halogens is 1. The molecule has 1 aliphatic carbocycles. The van der Waals surface area contributed by atoms with Gasteiger partial charge in [-0.3, -0.25) is 0 Å². The molecule has 1 aliphatic rings. The number of hydrogen-bond acceptors (Lipinski definition) is 2. The molecule has 1 fully saturated rings. The van der Waals surface area contributed by atoms with Gasteiger partial charge in [-0.1, -0.05) is 42.8 Å². The van der Waals surface area contributed by atoms with E-state index in [1.165, 1.54) is 31.2 Å². The average molecular weight is 359 g/mol. The Morgan fingerprint density at radius 3 is 2.52 bits per heavy atom. The highest BCUT2D eigenvalue weighted by Gasteiger charge is 2.32. The maximum atomic E-state index is 5.98. The van der Waals surface area contributed by atoms with E-state index in [2.05, 4.69) is 30.3 Å². The number of ether oxygens (including phenoxy) is 2. The summed E-state index contributed by atoms with van der Waals surface area (Å²) in [5, 5.41) is 0. The van der Waals surface area contributed by atoms with Crippen LogP contribution in [-0.2, 0) is 6.61 Å². The first-order valence-corrected chi connectivity index (χ1v) is 9.76. The van der Waals surface area contributed by atoms with E-state index in [9.17, 15) is 0 Å². The van der Waals surface area contributed by atoms with E-state index < -0.39 is 0 Å². The molecule has 0 N–H and O–H groups in total. The van der Waals surface area contributed by atoms with Crippen LogP contribution in [-0.4, -0.2) is 13.0 Å². The predicted octanol–water partition coefficient (Wildman–Crippen LogP) is 6.18. The third-order valence-corrected chi connectivity index (χ3v) is 5.21. The molecular formula is C22H27ClO2. The Kier molecular flexibility index (Phi) is 6.63. The van der Waals surface area contributed by atoms with Gasteiger partial charge in [0.2, 0.25) is 0 Å². The summed E-state index contributed by atoms with van der Waals surface area (Å²) in [5.74, 6) is 3.85. The fourth-order valence-electron chi connectivity index (χ4n) is 3.40. The SMILES string of the molecule is COc1cc(C(CCCCCl)C2CC2)ccc1OCc1ccccc1. The first kappa shape index (κ1) is 18.1. The van der Waals surface area contributed by atoms with Crippen LogP contribution in [0.1, 0.15) is 49.1 Å². The summed E-state index contributed by atoms with van der Waals surface area (Å²) in [5.41, 5.74) is 2.53. The highest BCUT2D eigenvalue weighted by atomic mass is 35.5. The van der Waals surface area contributed by atoms with Crippen molar-refractivity contribution in [1.29, 1.82) is 0 Å². The fraction of sp³-hybridized carbons (Fsp3) is 0.455. The molecule has 134 valence electrons. The topological polar surface area (TPSA) is 18.5 Å². The Hall–Kier alpha value is -1.67. The van der Waals surface area contributed by atoms with Crippen LogP contribution >= 0.6 is 11.6 Å². The third kappa shape index (κ3) is 5.15. The second kappa shape index (κ2) is 9.15. The van der Waals surface area contributed by atoms with Gasteiger partial charge in [-0.15, -0.1) is 11.6 Å². The molecule has 0 heterocycles. The summed E-state index contributed by atoms with van der Waals surface area (Å²) in [4.78, 5) is 0. The summed E-state index contributed by atoms with van der Waals surface area (Å²) in [6.45, 7) is 0.554. The quantitative estimate of drug-likeness (QED) is 0.373. The molecule has 0 aliphatic heterocycles. The van der Waals surface area contributed by atoms with E-state index in [1.807, 2.05) is 18.2 Å². The highest BCUT2D eigenvalue weighted by molar-refractivity contribution is 6.17. The second-order valence-electron chi connectivity index (χ2n) is 6.81. The lowest BCUT2D eigenvalue weighted by atomic mass is 9.89. The van der Waals surface area contributed by atoms with Crippen molar-refractivity contribution in [2.45, 2.75) is 44.6 Å². The number of alkyl halides is 1. The minimum absolute atomic E-state index is 0.554. The molecular weight excluding hydrogens is 332 g/mol. The lowest BCUT2D eigenvalue weighted by Gasteiger charge is -2.19. The molecule has 1 saturated carbocycles. The zero-order valence-corrected chi connectivity index (χ0v) is 15.7. The van der Waals surface area contributed by atoms with Crippen LogP contribution in [0.3, 0.4) is 0 Å². The number of benzene rings is 2. The summed E-state index contributed by atoms with van der Waals surface area (Å²) < 4.78 is 11.6. The van der Waals surface area contributed by atoms with Gasteiger partial charge in [0.25, 0.3) is 0 Å². The Morgan fingerprint density at radius 1 is 1.04 bits per heavy atom. The standard InChI is InChI=1S/C22H27ClO2/c1-24-22-15-19(20(18-10-11-18)9-5-6-14-23)12-13-21(22)25-16-17-7-3-2-4-8-17/h2-4,7-8,12-13,15,18,20H,5-6,9-11,14,16H2,1H3. The largest absolute Gasteiger partial charge is 0.493 e. The molecule has 1 atom stereocenters. The lowest BCUT2D eigenvalue weighted by Crippen LogP contribution is -2.04. The van der Waals surface area contributed by atoms with Crippen LogP contribution in [0, 0.1) is 5.92 Å². The Labute approximate surface area is 156 Å². The Balaban J connectivity index is 1.69. The van der Waals surface area contributed by atoms with E-state index in [1.54, 1.807) is 7.11 Å². The molecule has 0 aromatic heterocycles. The number of rotatable bonds is 10. The van der Waals surface area contributed by atoms with Gasteiger partial charge in [0.05, 0.1) is 7.11 Å². The molecule has 2 aromatic rings. The summed E-state index contributed by atoms with van der Waals surface area (Å²) in [6.07, 6.45) is 6.20. The van der Waals surface area contributed by atoms with Crippen molar-refractivity contribution in [3.8, 4) is 11.5 Å². The van der Waals surface area contributed by atoms with Crippen molar-refractivity contribution < 1.29 is 9.47 Å². The van der Waals surface area contributed by atoms with Crippen LogP contribution in [0.5, 0.6) is 11.5 Å². The average Bonchev–Trinajstić information content (AvgIpc) is 3.49. The van der Waals surface area contributed by atoms with E-state index >= 15 is 0 Å². The van der Waals surface area contributed by atoms with Crippen LogP contribution < -0.4 is 9.47 Å². The summed E-state index contributed by atoms with van der Waals surface area (Å²) in [6, 6.07) is 16.7. The molecule has 0 radical (unpaired) electrons. The van der Waals surface area contributed by atoms with Crippen molar-refractivity contribution in [2.24, 2.45) is 5.92 Å². The first-order valence-electron chi connectivity index (χ1n) is 9.22. The number of hydrogen-bond donors (Lipinski definition) is 0. The zero-order chi connectivity index (χ0) is 17.5. The van der Waals surface area contributed by atoms with E-state index in [4.69, 9.17) is 21.1 Å². The van der Waals surface area contributed by atoms with Crippen molar-refractivity contribution in [1.82, 2.24) is 0 Å². The smallest absolute Gasteiger partial charge is 0.161 e. The van der Waals surface area contributed by atoms with E-state index in [0.29, 0.717) is 12.5 Å². The molecule has 0 bridgehead atoms. The maximum Gasteiger partial charge on any atom is 0.161 e. The highest BCUT2D eigenvalue weighted by Crippen LogP contribution is 2.46. The van der Waals surface area contributed by atoms with Gasteiger partial charge in [0.15, 0.2) is 11.5 Å². The van der Waals surface area contributed by atoms with Gasteiger partial charge in [0.1, 0.15) is 6.61 Å². The molecule has 3 rings (SSSR count). The van der Waals surface area contributed by atoms with Gasteiger partial charge in [-0.05, 0) is 60.8 Å². The number of methoxy groups -OCH3 is 1. The zero-order valence-electron chi connectivity index (χ0n) is 14.9. The summed E-state index contributed by atoms with van der Waals surface area (Å²) in [7, 11) is 1.72. The van der Waals surface area contributed by atoms with Crippen molar-refractivity contribution in [3.05, 3.63) is 59.7 Å². The second-order valence-corrected chi connectivity index (χ2v) is 7.19. The number of unbranched alkanes of at least 4 members (excludes halogenated alkanes) is 1. The van der Waals surface area contributed by atoms with E-state index in [0.717, 1.165) is 35.3 Å². The monoisotopic (exact) mass is 358 g/mol. The molecule has 0 amide bonds. The first-order chi connectivity index (χ1) is 12.3. The minimum Gasteiger partial charge on any atom is -0.493 e. The van der Waals surface area contributed by atoms with Gasteiger partial charge in [-0.2, -0.15) is 0 Å². The lowest BCUT2D eigenvalue weighted by molar-refractivity contribution is 0.284. The van der Waals surface area contributed by atoms with Crippen LogP contribution in [0.15, 0.2) is 48.5 Å². The van der Waals surface area contributed by atoms with Gasteiger partial charge >= 0.3 is 0 Å². The fourth-order valence-corrected chi connectivity index (χ4v) is 3.59. The molecule has 0 spiro atoms. The van der Waals surface area contributed by atoms with Gasteiger partial charge < -0.3 is 9.47 Å². The minimum atomic E-state index is 0.554. The van der Waals surface area contributed by atoms with Crippen molar-refractivity contribution in [2.75, 3.05) is 13.0 Å². The molecule has 0 saturated heterocycles. The molecule has 1 unspecified atom stereocenters. The predicted molar refractivity (Wildman–Crippen MR) is 104 cm³/mol. The van der Waals surface area contributed by atoms with Crippen LogP contribution in [0.25, 0.3) is 0 Å². The molecule has 2 nitrogen and oxygen atoms in total. The Bertz CT molecular complexity index is 652. The van der Waals surface area contributed by atoms with Gasteiger partial charge in [-0.25, -0.2) is 0 Å². The molecule has 2 aromatic carbocycles. The third-order valence-electron chi connectivity index (χ3n) is 4.94.